The maximum Gasteiger partial charge on any atom is 0.137 e. The fourth-order valence-corrected chi connectivity index (χ4v) is 2.57. The van der Waals surface area contributed by atoms with Crippen molar-refractivity contribution in [3.63, 3.8) is 0 Å². The SMILES string of the molecule is COc1ccc(-c2ccc3c(c2)NCC3)cc1Cl. The van der Waals surface area contributed by atoms with Crippen LogP contribution in [0.4, 0.5) is 5.69 Å². The van der Waals surface area contributed by atoms with E-state index in [-0.39, 0.29) is 0 Å². The molecule has 0 aromatic heterocycles. The minimum atomic E-state index is 0.642. The number of halogens is 1. The Labute approximate surface area is 112 Å². The van der Waals surface area contributed by atoms with E-state index in [1.807, 2.05) is 18.2 Å². The van der Waals surface area contributed by atoms with Crippen molar-refractivity contribution in [3.05, 3.63) is 47.0 Å². The second-order valence-corrected chi connectivity index (χ2v) is 4.81. The quantitative estimate of drug-likeness (QED) is 0.881. The fourth-order valence-electron chi connectivity index (χ4n) is 2.32. The van der Waals surface area contributed by atoms with Gasteiger partial charge >= 0.3 is 0 Å². The van der Waals surface area contributed by atoms with Crippen LogP contribution >= 0.6 is 11.6 Å². The Morgan fingerprint density at radius 3 is 2.67 bits per heavy atom. The standard InChI is InChI=1S/C15H14ClNO/c1-18-15-5-4-11(8-13(15)16)12-3-2-10-6-7-17-14(10)9-12/h2-5,8-9,17H,6-7H2,1H3. The van der Waals surface area contributed by atoms with Crippen LogP contribution in [0.15, 0.2) is 36.4 Å². The highest BCUT2D eigenvalue weighted by molar-refractivity contribution is 6.32. The summed E-state index contributed by atoms with van der Waals surface area (Å²) in [6.07, 6.45) is 1.11. The Bertz CT molecular complexity index is 595. The first-order chi connectivity index (χ1) is 8.78. The van der Waals surface area contributed by atoms with Crippen LogP contribution in [0.3, 0.4) is 0 Å². The van der Waals surface area contributed by atoms with E-state index < -0.39 is 0 Å². The molecule has 0 saturated heterocycles. The summed E-state index contributed by atoms with van der Waals surface area (Å²) in [4.78, 5) is 0. The molecule has 3 rings (SSSR count). The third-order valence-electron chi connectivity index (χ3n) is 3.30. The minimum absolute atomic E-state index is 0.642. The molecule has 0 bridgehead atoms. The van der Waals surface area contributed by atoms with Crippen molar-refractivity contribution in [1.82, 2.24) is 0 Å². The Kier molecular flexibility index (Phi) is 2.88. The van der Waals surface area contributed by atoms with Crippen LogP contribution in [-0.2, 0) is 6.42 Å². The minimum Gasteiger partial charge on any atom is -0.495 e. The predicted molar refractivity (Wildman–Crippen MR) is 75.6 cm³/mol. The Hall–Kier alpha value is -1.67. The van der Waals surface area contributed by atoms with Crippen molar-refractivity contribution in [3.8, 4) is 16.9 Å². The molecule has 0 amide bonds. The van der Waals surface area contributed by atoms with Crippen LogP contribution in [0.1, 0.15) is 5.56 Å². The molecule has 0 atom stereocenters. The highest BCUT2D eigenvalue weighted by Gasteiger charge is 2.11. The number of hydrogen-bond donors (Lipinski definition) is 1. The van der Waals surface area contributed by atoms with Gasteiger partial charge in [-0.25, -0.2) is 0 Å². The normalized spacial score (nSPS) is 13.0. The number of anilines is 1. The predicted octanol–water partition coefficient (Wildman–Crippen LogP) is 3.98. The van der Waals surface area contributed by atoms with E-state index in [2.05, 4.69) is 23.5 Å². The Morgan fingerprint density at radius 2 is 1.89 bits per heavy atom. The number of ether oxygens (including phenoxy) is 1. The number of methoxy groups -OCH3 is 1. The maximum atomic E-state index is 6.16. The zero-order valence-electron chi connectivity index (χ0n) is 10.2. The van der Waals surface area contributed by atoms with Gasteiger partial charge in [0.05, 0.1) is 12.1 Å². The van der Waals surface area contributed by atoms with Crippen LogP contribution in [0.5, 0.6) is 5.75 Å². The van der Waals surface area contributed by atoms with Crippen LogP contribution in [0.2, 0.25) is 5.02 Å². The molecule has 0 saturated carbocycles. The molecule has 0 fully saturated rings. The lowest BCUT2D eigenvalue weighted by Crippen LogP contribution is -1.91. The molecule has 1 N–H and O–H groups in total. The topological polar surface area (TPSA) is 21.3 Å². The molecule has 3 heteroatoms. The van der Waals surface area contributed by atoms with Gasteiger partial charge in [-0.3, -0.25) is 0 Å². The summed E-state index contributed by atoms with van der Waals surface area (Å²) < 4.78 is 5.17. The van der Waals surface area contributed by atoms with E-state index >= 15 is 0 Å². The molecule has 2 aromatic carbocycles. The molecule has 2 nitrogen and oxygen atoms in total. The van der Waals surface area contributed by atoms with Crippen molar-refractivity contribution < 1.29 is 4.74 Å². The molecule has 0 spiro atoms. The zero-order valence-corrected chi connectivity index (χ0v) is 10.9. The van der Waals surface area contributed by atoms with Gasteiger partial charge < -0.3 is 10.1 Å². The highest BCUT2D eigenvalue weighted by Crippen LogP contribution is 2.33. The smallest absolute Gasteiger partial charge is 0.137 e. The molecule has 1 aliphatic heterocycles. The van der Waals surface area contributed by atoms with Gasteiger partial charge in [0.2, 0.25) is 0 Å². The molecule has 2 aromatic rings. The molecule has 1 aliphatic rings. The van der Waals surface area contributed by atoms with Gasteiger partial charge in [-0.05, 0) is 41.3 Å². The van der Waals surface area contributed by atoms with E-state index in [9.17, 15) is 0 Å². The molecule has 0 radical (unpaired) electrons. The van der Waals surface area contributed by atoms with Crippen LogP contribution in [0, 0.1) is 0 Å². The van der Waals surface area contributed by atoms with Gasteiger partial charge in [-0.1, -0.05) is 29.8 Å². The largest absolute Gasteiger partial charge is 0.495 e. The zero-order chi connectivity index (χ0) is 12.5. The summed E-state index contributed by atoms with van der Waals surface area (Å²) in [7, 11) is 1.63. The van der Waals surface area contributed by atoms with Gasteiger partial charge in [-0.2, -0.15) is 0 Å². The van der Waals surface area contributed by atoms with Gasteiger partial charge in [0.25, 0.3) is 0 Å². The van der Waals surface area contributed by atoms with Gasteiger partial charge in [-0.15, -0.1) is 0 Å². The monoisotopic (exact) mass is 259 g/mol. The number of benzene rings is 2. The average Bonchev–Trinajstić information content (AvgIpc) is 2.85. The number of hydrogen-bond acceptors (Lipinski definition) is 2. The Balaban J connectivity index is 2.02. The first-order valence-corrected chi connectivity index (χ1v) is 6.36. The number of fused-ring (bicyclic) bond motifs is 1. The first-order valence-electron chi connectivity index (χ1n) is 5.98. The molecule has 18 heavy (non-hydrogen) atoms. The third-order valence-corrected chi connectivity index (χ3v) is 3.60. The van der Waals surface area contributed by atoms with Gasteiger partial charge in [0, 0.05) is 12.2 Å². The lowest BCUT2D eigenvalue weighted by atomic mass is 10.0. The summed E-state index contributed by atoms with van der Waals surface area (Å²) >= 11 is 6.16. The molecule has 92 valence electrons. The van der Waals surface area contributed by atoms with E-state index in [1.165, 1.54) is 16.8 Å². The van der Waals surface area contributed by atoms with Crippen molar-refractivity contribution in [2.75, 3.05) is 19.0 Å². The molecule has 1 heterocycles. The summed E-state index contributed by atoms with van der Waals surface area (Å²) in [5, 5.41) is 4.03. The van der Waals surface area contributed by atoms with Crippen LogP contribution in [-0.4, -0.2) is 13.7 Å². The summed E-state index contributed by atoms with van der Waals surface area (Å²) in [6.45, 7) is 1.03. The summed E-state index contributed by atoms with van der Waals surface area (Å²) in [5.74, 6) is 0.708. The second-order valence-electron chi connectivity index (χ2n) is 4.40. The molecule has 0 aliphatic carbocycles. The fraction of sp³-hybridized carbons (Fsp3) is 0.200. The Morgan fingerprint density at radius 1 is 1.11 bits per heavy atom. The van der Waals surface area contributed by atoms with Gasteiger partial charge in [0.15, 0.2) is 0 Å². The molecular weight excluding hydrogens is 246 g/mol. The van der Waals surface area contributed by atoms with E-state index in [1.54, 1.807) is 7.11 Å². The van der Waals surface area contributed by atoms with Crippen LogP contribution < -0.4 is 10.1 Å². The summed E-state index contributed by atoms with van der Waals surface area (Å²) in [6, 6.07) is 12.4. The molecule has 0 unspecified atom stereocenters. The number of nitrogens with one attached hydrogen (secondary N) is 1. The van der Waals surface area contributed by atoms with Crippen molar-refractivity contribution in [2.24, 2.45) is 0 Å². The first kappa shape index (κ1) is 11.4. The second kappa shape index (κ2) is 4.54. The third kappa shape index (κ3) is 1.93. The number of rotatable bonds is 2. The maximum absolute atomic E-state index is 6.16. The average molecular weight is 260 g/mol. The van der Waals surface area contributed by atoms with E-state index in [0.717, 1.165) is 18.5 Å². The lowest BCUT2D eigenvalue weighted by Gasteiger charge is -2.08. The highest BCUT2D eigenvalue weighted by atomic mass is 35.5. The van der Waals surface area contributed by atoms with E-state index in [0.29, 0.717) is 10.8 Å². The molecular formula is C15H14ClNO. The van der Waals surface area contributed by atoms with Crippen molar-refractivity contribution >= 4 is 17.3 Å². The van der Waals surface area contributed by atoms with Crippen molar-refractivity contribution in [2.45, 2.75) is 6.42 Å². The van der Waals surface area contributed by atoms with Crippen molar-refractivity contribution in [1.29, 1.82) is 0 Å². The van der Waals surface area contributed by atoms with Crippen LogP contribution in [0.25, 0.3) is 11.1 Å². The van der Waals surface area contributed by atoms with E-state index in [4.69, 9.17) is 16.3 Å². The summed E-state index contributed by atoms with van der Waals surface area (Å²) in [5.41, 5.74) is 4.91. The van der Waals surface area contributed by atoms with Gasteiger partial charge in [0.1, 0.15) is 5.75 Å². The lowest BCUT2D eigenvalue weighted by molar-refractivity contribution is 0.415.